The predicted octanol–water partition coefficient (Wildman–Crippen LogP) is 1.85. The number of phenols is 6. The maximum absolute atomic E-state index is 12.8. The number of hydrogen-bond donors (Lipinski definition) is 6. The molecule has 0 aromatic heterocycles. The number of hydrogen-bond acceptors (Lipinski definition) is 8. The summed E-state index contributed by atoms with van der Waals surface area (Å²) in [5, 5.41) is 59.5. The summed E-state index contributed by atoms with van der Waals surface area (Å²) in [6.07, 6.45) is 0. The summed E-state index contributed by atoms with van der Waals surface area (Å²) in [6.45, 7) is 0. The molecular weight excluding hydrogens is 344 g/mol. The Balaban J connectivity index is 2.20. The third kappa shape index (κ3) is 1.78. The highest BCUT2D eigenvalue weighted by Crippen LogP contribution is 2.49. The van der Waals surface area contributed by atoms with Crippen LogP contribution in [0.1, 0.15) is 31.8 Å². The van der Waals surface area contributed by atoms with Crippen LogP contribution in [0.5, 0.6) is 34.5 Å². The first-order chi connectivity index (χ1) is 12.2. The topological polar surface area (TPSA) is 156 Å². The van der Waals surface area contributed by atoms with Crippen molar-refractivity contribution >= 4 is 22.3 Å². The molecule has 3 aromatic rings. The van der Waals surface area contributed by atoms with Crippen molar-refractivity contribution in [2.75, 3.05) is 0 Å². The maximum Gasteiger partial charge on any atom is 0.202 e. The van der Waals surface area contributed by atoms with Gasteiger partial charge in [-0.1, -0.05) is 0 Å². The molecule has 0 saturated carbocycles. The van der Waals surface area contributed by atoms with E-state index in [4.69, 9.17) is 0 Å². The smallest absolute Gasteiger partial charge is 0.202 e. The summed E-state index contributed by atoms with van der Waals surface area (Å²) >= 11 is 0. The second kappa shape index (κ2) is 4.79. The normalized spacial score (nSPS) is 12.9. The number of carbonyl (C=O) groups is 2. The van der Waals surface area contributed by atoms with Crippen molar-refractivity contribution in [2.24, 2.45) is 0 Å². The number of aromatic hydroxyl groups is 6. The molecule has 0 heterocycles. The van der Waals surface area contributed by atoms with Crippen LogP contribution in [-0.4, -0.2) is 42.2 Å². The molecule has 0 bridgehead atoms. The van der Waals surface area contributed by atoms with Crippen LogP contribution in [-0.2, 0) is 0 Å². The second-order valence-corrected chi connectivity index (χ2v) is 5.88. The maximum atomic E-state index is 12.8. The summed E-state index contributed by atoms with van der Waals surface area (Å²) in [6, 6.07) is 3.73. The van der Waals surface area contributed by atoms with Crippen molar-refractivity contribution < 1.29 is 40.2 Å². The Morgan fingerprint density at radius 3 is 1.85 bits per heavy atom. The molecule has 130 valence electrons. The van der Waals surface area contributed by atoms with E-state index in [0.29, 0.717) is 0 Å². The van der Waals surface area contributed by atoms with Crippen molar-refractivity contribution in [2.45, 2.75) is 0 Å². The fourth-order valence-corrected chi connectivity index (χ4v) is 3.28. The van der Waals surface area contributed by atoms with E-state index < -0.39 is 62.8 Å². The molecule has 1 aliphatic carbocycles. The minimum Gasteiger partial charge on any atom is -0.508 e. The van der Waals surface area contributed by atoms with E-state index in [0.717, 1.165) is 24.3 Å². The monoisotopic (exact) mass is 354 g/mol. The first-order valence-electron chi connectivity index (χ1n) is 7.31. The molecular formula is C18H10O8. The number of phenolic OH excluding ortho intramolecular Hbond substituents is 6. The summed E-state index contributed by atoms with van der Waals surface area (Å²) in [7, 11) is 0. The summed E-state index contributed by atoms with van der Waals surface area (Å²) < 4.78 is 0. The van der Waals surface area contributed by atoms with Gasteiger partial charge in [-0.05, 0) is 12.1 Å². The van der Waals surface area contributed by atoms with Gasteiger partial charge in [-0.15, -0.1) is 0 Å². The molecule has 0 amide bonds. The average molecular weight is 354 g/mol. The minimum absolute atomic E-state index is 0.243. The highest BCUT2D eigenvalue weighted by Gasteiger charge is 2.38. The van der Waals surface area contributed by atoms with Gasteiger partial charge in [-0.3, -0.25) is 9.59 Å². The van der Waals surface area contributed by atoms with Crippen LogP contribution in [0.15, 0.2) is 24.3 Å². The molecule has 3 aromatic carbocycles. The van der Waals surface area contributed by atoms with Gasteiger partial charge in [0.25, 0.3) is 0 Å². The SMILES string of the molecule is O=C1c2cc(O)cc(O)c2C(=O)c2c1c(O)c1cc(O)cc(O)c1c2O. The largest absolute Gasteiger partial charge is 0.508 e. The Labute approximate surface area is 144 Å². The Hall–Kier alpha value is -3.94. The van der Waals surface area contributed by atoms with E-state index in [1.807, 2.05) is 0 Å². The predicted molar refractivity (Wildman–Crippen MR) is 87.2 cm³/mol. The van der Waals surface area contributed by atoms with Gasteiger partial charge in [-0.25, -0.2) is 0 Å². The fourth-order valence-electron chi connectivity index (χ4n) is 3.28. The zero-order valence-electron chi connectivity index (χ0n) is 12.8. The number of fused-ring (bicyclic) bond motifs is 3. The van der Waals surface area contributed by atoms with Gasteiger partial charge in [0.15, 0.2) is 5.78 Å². The molecule has 0 aliphatic heterocycles. The third-order valence-electron chi connectivity index (χ3n) is 4.35. The van der Waals surface area contributed by atoms with Gasteiger partial charge in [-0.2, -0.15) is 0 Å². The fraction of sp³-hybridized carbons (Fsp3) is 0. The summed E-state index contributed by atoms with van der Waals surface area (Å²) in [4.78, 5) is 25.6. The van der Waals surface area contributed by atoms with Crippen LogP contribution in [0.2, 0.25) is 0 Å². The molecule has 0 atom stereocenters. The Bertz CT molecular complexity index is 1180. The van der Waals surface area contributed by atoms with E-state index in [9.17, 15) is 40.2 Å². The summed E-state index contributed by atoms with van der Waals surface area (Å²) in [5.74, 6) is -5.57. The Kier molecular flexibility index (Phi) is 2.87. The minimum atomic E-state index is -0.964. The third-order valence-corrected chi connectivity index (χ3v) is 4.35. The quantitative estimate of drug-likeness (QED) is 0.261. The van der Waals surface area contributed by atoms with Crippen molar-refractivity contribution in [3.05, 3.63) is 46.5 Å². The van der Waals surface area contributed by atoms with Gasteiger partial charge >= 0.3 is 0 Å². The lowest BCUT2D eigenvalue weighted by Crippen LogP contribution is -2.21. The molecule has 8 nitrogen and oxygen atoms in total. The van der Waals surface area contributed by atoms with E-state index in [-0.39, 0.29) is 16.3 Å². The van der Waals surface area contributed by atoms with E-state index in [2.05, 4.69) is 0 Å². The molecule has 0 unspecified atom stereocenters. The average Bonchev–Trinajstić information content (AvgIpc) is 2.54. The number of ketones is 2. The highest BCUT2D eigenvalue weighted by molar-refractivity contribution is 6.33. The molecule has 0 radical (unpaired) electrons. The van der Waals surface area contributed by atoms with Gasteiger partial charge in [0.05, 0.1) is 22.1 Å². The van der Waals surface area contributed by atoms with E-state index in [1.165, 1.54) is 0 Å². The lowest BCUT2D eigenvalue weighted by atomic mass is 9.80. The lowest BCUT2D eigenvalue weighted by molar-refractivity contribution is 0.0972. The molecule has 4 rings (SSSR count). The number of benzene rings is 3. The first kappa shape index (κ1) is 15.6. The van der Waals surface area contributed by atoms with Crippen LogP contribution in [0.4, 0.5) is 0 Å². The van der Waals surface area contributed by atoms with Crippen LogP contribution in [0, 0.1) is 0 Å². The van der Waals surface area contributed by atoms with Crippen LogP contribution >= 0.6 is 0 Å². The molecule has 0 fully saturated rings. The van der Waals surface area contributed by atoms with Gasteiger partial charge < -0.3 is 30.6 Å². The molecule has 6 N–H and O–H groups in total. The van der Waals surface area contributed by atoms with Crippen LogP contribution in [0.3, 0.4) is 0 Å². The number of rotatable bonds is 0. The van der Waals surface area contributed by atoms with E-state index in [1.54, 1.807) is 0 Å². The van der Waals surface area contributed by atoms with Gasteiger partial charge in [0.2, 0.25) is 5.78 Å². The molecule has 8 heteroatoms. The van der Waals surface area contributed by atoms with Gasteiger partial charge in [0, 0.05) is 23.1 Å². The lowest BCUT2D eigenvalue weighted by Gasteiger charge is -2.22. The molecule has 26 heavy (non-hydrogen) atoms. The van der Waals surface area contributed by atoms with Crippen molar-refractivity contribution in [3.8, 4) is 34.5 Å². The number of carbonyl (C=O) groups excluding carboxylic acids is 2. The summed E-state index contributed by atoms with van der Waals surface area (Å²) in [5.41, 5.74) is -1.93. The second-order valence-electron chi connectivity index (χ2n) is 5.88. The van der Waals surface area contributed by atoms with Crippen LogP contribution < -0.4 is 0 Å². The molecule has 1 aliphatic rings. The zero-order chi connectivity index (χ0) is 18.9. The van der Waals surface area contributed by atoms with E-state index >= 15 is 0 Å². The Morgan fingerprint density at radius 1 is 0.577 bits per heavy atom. The molecule has 0 spiro atoms. The standard InChI is InChI=1S/C18H10O8/c19-5-1-7-11(9(21)3-5)17(25)14-13(15(7)23)16(24)8-2-6(20)4-10(22)12(8)18(14)26/h1-4,19-23,25H. The van der Waals surface area contributed by atoms with Crippen molar-refractivity contribution in [1.29, 1.82) is 0 Å². The van der Waals surface area contributed by atoms with Crippen molar-refractivity contribution in [3.63, 3.8) is 0 Å². The highest BCUT2D eigenvalue weighted by atomic mass is 16.3. The van der Waals surface area contributed by atoms with Crippen molar-refractivity contribution in [1.82, 2.24) is 0 Å². The van der Waals surface area contributed by atoms with Crippen LogP contribution in [0.25, 0.3) is 10.8 Å². The van der Waals surface area contributed by atoms with Gasteiger partial charge in [0.1, 0.15) is 34.5 Å². The Morgan fingerprint density at radius 2 is 1.15 bits per heavy atom. The zero-order valence-corrected chi connectivity index (χ0v) is 12.8. The first-order valence-corrected chi connectivity index (χ1v) is 7.31. The molecule has 0 saturated heterocycles.